The third-order valence-electron chi connectivity index (χ3n) is 3.06. The Morgan fingerprint density at radius 3 is 2.71 bits per heavy atom. The van der Waals surface area contributed by atoms with Crippen LogP contribution >= 0.6 is 0 Å². The second-order valence-electron chi connectivity index (χ2n) is 4.97. The average Bonchev–Trinajstić information content (AvgIpc) is 3.26. The van der Waals surface area contributed by atoms with E-state index in [-0.39, 0.29) is 24.5 Å². The van der Waals surface area contributed by atoms with Gasteiger partial charge in [-0.2, -0.15) is 18.4 Å². The highest BCUT2D eigenvalue weighted by Gasteiger charge is 2.35. The number of hydrogen-bond donors (Lipinski definition) is 2. The quantitative estimate of drug-likeness (QED) is 0.844. The first-order valence-corrected chi connectivity index (χ1v) is 6.55. The van der Waals surface area contributed by atoms with Crippen LogP contribution in [0.4, 0.5) is 13.2 Å². The van der Waals surface area contributed by atoms with Crippen molar-refractivity contribution >= 4 is 0 Å². The lowest BCUT2D eigenvalue weighted by Gasteiger charge is -2.17. The molecule has 1 unspecified atom stereocenters. The van der Waals surface area contributed by atoms with Gasteiger partial charge in [0, 0.05) is 12.6 Å². The number of benzene rings is 1. The van der Waals surface area contributed by atoms with Gasteiger partial charge in [0.1, 0.15) is 18.5 Å². The number of aliphatic hydroxyl groups excluding tert-OH is 1. The third-order valence-corrected chi connectivity index (χ3v) is 3.06. The number of nitrogens with one attached hydrogen (secondary N) is 1. The molecule has 1 aliphatic rings. The van der Waals surface area contributed by atoms with E-state index in [1.807, 2.05) is 0 Å². The Morgan fingerprint density at radius 1 is 1.43 bits per heavy atom. The lowest BCUT2D eigenvalue weighted by molar-refractivity contribution is -0.139. The van der Waals surface area contributed by atoms with Crippen LogP contribution in [0.15, 0.2) is 18.2 Å². The van der Waals surface area contributed by atoms with Crippen LogP contribution in [0.1, 0.15) is 24.0 Å². The summed E-state index contributed by atoms with van der Waals surface area (Å²) in [5, 5.41) is 21.4. The van der Waals surface area contributed by atoms with Gasteiger partial charge in [0.05, 0.1) is 17.2 Å². The molecule has 0 aliphatic heterocycles. The molecule has 2 rings (SSSR count). The van der Waals surface area contributed by atoms with Gasteiger partial charge in [-0.3, -0.25) is 0 Å². The fourth-order valence-electron chi connectivity index (χ4n) is 1.78. The topological polar surface area (TPSA) is 65.3 Å². The van der Waals surface area contributed by atoms with E-state index in [0.717, 1.165) is 25.0 Å². The molecular formula is C14H15F3N2O2. The molecular weight excluding hydrogens is 285 g/mol. The summed E-state index contributed by atoms with van der Waals surface area (Å²) in [6.45, 7) is 0.0387. The molecule has 1 aromatic rings. The van der Waals surface area contributed by atoms with Crippen molar-refractivity contribution in [2.45, 2.75) is 31.2 Å². The van der Waals surface area contributed by atoms with Crippen LogP contribution in [0.25, 0.3) is 0 Å². The molecule has 0 heterocycles. The molecule has 0 spiro atoms. The molecule has 0 saturated heterocycles. The van der Waals surface area contributed by atoms with Crippen LogP contribution in [0.3, 0.4) is 0 Å². The van der Waals surface area contributed by atoms with Gasteiger partial charge in [-0.15, -0.1) is 0 Å². The maximum Gasteiger partial charge on any atom is 0.420 e. The van der Waals surface area contributed by atoms with Gasteiger partial charge in [0.15, 0.2) is 0 Å². The summed E-state index contributed by atoms with van der Waals surface area (Å²) in [5.41, 5.74) is -1.10. The first-order chi connectivity index (χ1) is 9.90. The van der Waals surface area contributed by atoms with E-state index in [1.54, 1.807) is 6.07 Å². The molecule has 1 saturated carbocycles. The predicted octanol–water partition coefficient (Wildman–Crippen LogP) is 2.07. The maximum absolute atomic E-state index is 12.9. The standard InChI is InChI=1S/C14H15F3N2O2/c15-14(16,17)12-5-9(6-18)1-4-13(12)21-8-11(20)7-19-10-2-3-10/h1,4-5,10-11,19-20H,2-3,7-8H2. The molecule has 0 amide bonds. The highest BCUT2D eigenvalue weighted by Crippen LogP contribution is 2.36. The highest BCUT2D eigenvalue weighted by molar-refractivity contribution is 5.43. The second kappa shape index (κ2) is 6.33. The number of aliphatic hydroxyl groups is 1. The summed E-state index contributed by atoms with van der Waals surface area (Å²) >= 11 is 0. The molecule has 1 fully saturated rings. The lowest BCUT2D eigenvalue weighted by Crippen LogP contribution is -2.32. The Hall–Kier alpha value is -1.78. The highest BCUT2D eigenvalue weighted by atomic mass is 19.4. The van der Waals surface area contributed by atoms with Crippen molar-refractivity contribution in [1.82, 2.24) is 5.32 Å². The minimum atomic E-state index is -4.61. The van der Waals surface area contributed by atoms with Gasteiger partial charge in [0.2, 0.25) is 0 Å². The Balaban J connectivity index is 1.99. The zero-order valence-electron chi connectivity index (χ0n) is 11.2. The number of rotatable bonds is 6. The number of alkyl halides is 3. The molecule has 0 bridgehead atoms. The minimum absolute atomic E-state index is 0.0920. The number of nitriles is 1. The van der Waals surface area contributed by atoms with Gasteiger partial charge in [-0.25, -0.2) is 0 Å². The average molecular weight is 300 g/mol. The number of hydrogen-bond acceptors (Lipinski definition) is 4. The monoisotopic (exact) mass is 300 g/mol. The molecule has 7 heteroatoms. The summed E-state index contributed by atoms with van der Waals surface area (Å²) in [7, 11) is 0. The summed E-state index contributed by atoms with van der Waals surface area (Å²) in [6.07, 6.45) is -3.38. The zero-order valence-corrected chi connectivity index (χ0v) is 11.2. The van der Waals surface area contributed by atoms with Crippen LogP contribution in [-0.4, -0.2) is 30.4 Å². The molecule has 0 aromatic heterocycles. The Kier molecular flexibility index (Phi) is 4.70. The van der Waals surface area contributed by atoms with E-state index in [1.165, 1.54) is 6.07 Å². The van der Waals surface area contributed by atoms with Gasteiger partial charge in [-0.05, 0) is 31.0 Å². The van der Waals surface area contributed by atoms with Crippen molar-refractivity contribution in [1.29, 1.82) is 5.26 Å². The first-order valence-electron chi connectivity index (χ1n) is 6.55. The lowest BCUT2D eigenvalue weighted by atomic mass is 10.1. The molecule has 4 nitrogen and oxygen atoms in total. The van der Waals surface area contributed by atoms with Crippen LogP contribution in [0.5, 0.6) is 5.75 Å². The van der Waals surface area contributed by atoms with Crippen molar-refractivity contribution in [3.05, 3.63) is 29.3 Å². The second-order valence-corrected chi connectivity index (χ2v) is 4.97. The van der Waals surface area contributed by atoms with E-state index in [9.17, 15) is 18.3 Å². The molecule has 2 N–H and O–H groups in total. The fraction of sp³-hybridized carbons (Fsp3) is 0.500. The predicted molar refractivity (Wildman–Crippen MR) is 68.7 cm³/mol. The Bertz CT molecular complexity index is 536. The van der Waals surface area contributed by atoms with Crippen LogP contribution in [0, 0.1) is 11.3 Å². The van der Waals surface area contributed by atoms with Crippen molar-refractivity contribution < 1.29 is 23.0 Å². The van der Waals surface area contributed by atoms with Crippen molar-refractivity contribution in [2.24, 2.45) is 0 Å². The summed E-state index contributed by atoms with van der Waals surface area (Å²) < 4.78 is 43.7. The molecule has 1 aromatic carbocycles. The minimum Gasteiger partial charge on any atom is -0.490 e. The first kappa shape index (κ1) is 15.6. The van der Waals surface area contributed by atoms with Gasteiger partial charge in [0.25, 0.3) is 0 Å². The molecule has 1 atom stereocenters. The number of nitrogens with zero attached hydrogens (tertiary/aromatic N) is 1. The fourth-order valence-corrected chi connectivity index (χ4v) is 1.78. The third kappa shape index (κ3) is 4.62. The van der Waals surface area contributed by atoms with Crippen LogP contribution < -0.4 is 10.1 Å². The van der Waals surface area contributed by atoms with E-state index >= 15 is 0 Å². The van der Waals surface area contributed by atoms with Crippen molar-refractivity contribution in [3.8, 4) is 11.8 Å². The summed E-state index contributed by atoms with van der Waals surface area (Å²) in [5.74, 6) is -0.382. The number of ether oxygens (including phenoxy) is 1. The van der Waals surface area contributed by atoms with Crippen molar-refractivity contribution in [3.63, 3.8) is 0 Å². The Morgan fingerprint density at radius 2 is 2.14 bits per heavy atom. The summed E-state index contributed by atoms with van der Waals surface area (Å²) in [4.78, 5) is 0. The van der Waals surface area contributed by atoms with Gasteiger partial charge in [-0.1, -0.05) is 0 Å². The molecule has 1 aliphatic carbocycles. The van der Waals surface area contributed by atoms with Gasteiger partial charge >= 0.3 is 6.18 Å². The Labute approximate surface area is 120 Å². The van der Waals surface area contributed by atoms with E-state index in [0.29, 0.717) is 6.04 Å². The van der Waals surface area contributed by atoms with Crippen LogP contribution in [-0.2, 0) is 6.18 Å². The van der Waals surface area contributed by atoms with Crippen molar-refractivity contribution in [2.75, 3.05) is 13.2 Å². The zero-order chi connectivity index (χ0) is 15.5. The van der Waals surface area contributed by atoms with Crippen LogP contribution in [0.2, 0.25) is 0 Å². The van der Waals surface area contributed by atoms with Gasteiger partial charge < -0.3 is 15.2 Å². The normalized spacial score (nSPS) is 16.3. The van der Waals surface area contributed by atoms with E-state index in [4.69, 9.17) is 10.00 Å². The molecule has 0 radical (unpaired) electrons. The van der Waals surface area contributed by atoms with E-state index in [2.05, 4.69) is 5.32 Å². The maximum atomic E-state index is 12.9. The largest absolute Gasteiger partial charge is 0.490 e. The molecule has 21 heavy (non-hydrogen) atoms. The number of halogens is 3. The SMILES string of the molecule is N#Cc1ccc(OCC(O)CNC2CC2)c(C(F)(F)F)c1. The molecule has 114 valence electrons. The summed E-state index contributed by atoms with van der Waals surface area (Å²) in [6, 6.07) is 5.15. The van der Waals surface area contributed by atoms with E-state index < -0.39 is 17.8 Å². The smallest absolute Gasteiger partial charge is 0.420 e.